The number of hydrogen-bond acceptors (Lipinski definition) is 1. The summed E-state index contributed by atoms with van der Waals surface area (Å²) in [5.74, 6) is -0.0387. The van der Waals surface area contributed by atoms with Gasteiger partial charge in [-0.15, -0.1) is 0 Å². The van der Waals surface area contributed by atoms with Crippen LogP contribution in [-0.2, 0) is 0 Å². The van der Waals surface area contributed by atoms with Crippen LogP contribution in [0.4, 0.5) is 0 Å². The Morgan fingerprint density at radius 2 is 2.20 bits per heavy atom. The van der Waals surface area contributed by atoms with Crippen molar-refractivity contribution in [3.63, 3.8) is 0 Å². The smallest absolute Gasteiger partial charge is 0.255 e. The number of carbonyl (C=O) groups excluding carboxylic acids is 1. The number of carbonyl (C=O) groups is 1. The first-order valence-corrected chi connectivity index (χ1v) is 6.14. The van der Waals surface area contributed by atoms with Crippen LogP contribution in [0.1, 0.15) is 15.9 Å². The van der Waals surface area contributed by atoms with Crippen molar-refractivity contribution in [2.24, 2.45) is 0 Å². The maximum atomic E-state index is 11.9. The SMILES string of the molecule is Cc1cccc(C(=O)N(C)CCBr)c1Cl. The fraction of sp³-hybridized carbons (Fsp3) is 0.364. The van der Waals surface area contributed by atoms with Gasteiger partial charge in [-0.05, 0) is 18.6 Å². The Hall–Kier alpha value is -0.540. The van der Waals surface area contributed by atoms with Gasteiger partial charge in [0, 0.05) is 18.9 Å². The number of aryl methyl sites for hydroxylation is 1. The molecule has 0 fully saturated rings. The molecule has 15 heavy (non-hydrogen) atoms. The van der Waals surface area contributed by atoms with E-state index in [1.165, 1.54) is 0 Å². The molecular formula is C11H13BrClNO. The molecule has 0 aliphatic heterocycles. The molecule has 0 atom stereocenters. The zero-order valence-corrected chi connectivity index (χ0v) is 11.1. The van der Waals surface area contributed by atoms with E-state index in [1.807, 2.05) is 19.1 Å². The minimum Gasteiger partial charge on any atom is -0.341 e. The number of benzene rings is 1. The fourth-order valence-electron chi connectivity index (χ4n) is 1.25. The summed E-state index contributed by atoms with van der Waals surface area (Å²) in [7, 11) is 1.77. The number of hydrogen-bond donors (Lipinski definition) is 0. The zero-order chi connectivity index (χ0) is 11.4. The lowest BCUT2D eigenvalue weighted by Gasteiger charge is -2.16. The van der Waals surface area contributed by atoms with Crippen LogP contribution in [0.25, 0.3) is 0 Å². The van der Waals surface area contributed by atoms with Gasteiger partial charge in [-0.2, -0.15) is 0 Å². The summed E-state index contributed by atoms with van der Waals surface area (Å²) in [6, 6.07) is 5.49. The molecule has 0 aliphatic rings. The highest BCUT2D eigenvalue weighted by atomic mass is 79.9. The Kier molecular flexibility index (Phi) is 4.61. The van der Waals surface area contributed by atoms with Crippen molar-refractivity contribution in [3.05, 3.63) is 34.3 Å². The van der Waals surface area contributed by atoms with E-state index >= 15 is 0 Å². The van der Waals surface area contributed by atoms with Gasteiger partial charge in [0.05, 0.1) is 10.6 Å². The summed E-state index contributed by atoms with van der Waals surface area (Å²) in [4.78, 5) is 13.6. The fourth-order valence-corrected chi connectivity index (χ4v) is 1.99. The lowest BCUT2D eigenvalue weighted by Crippen LogP contribution is -2.28. The molecule has 2 nitrogen and oxygen atoms in total. The predicted octanol–water partition coefficient (Wildman–Crippen LogP) is 3.12. The van der Waals surface area contributed by atoms with Gasteiger partial charge in [-0.25, -0.2) is 0 Å². The van der Waals surface area contributed by atoms with Crippen LogP contribution >= 0.6 is 27.5 Å². The highest BCUT2D eigenvalue weighted by Gasteiger charge is 2.15. The predicted molar refractivity (Wildman–Crippen MR) is 66.9 cm³/mol. The average molecular weight is 291 g/mol. The van der Waals surface area contributed by atoms with Crippen molar-refractivity contribution >= 4 is 33.4 Å². The normalized spacial score (nSPS) is 10.1. The van der Waals surface area contributed by atoms with Gasteiger partial charge in [0.2, 0.25) is 0 Å². The monoisotopic (exact) mass is 289 g/mol. The Balaban J connectivity index is 2.96. The molecule has 1 aromatic rings. The Morgan fingerprint density at radius 3 is 2.80 bits per heavy atom. The molecule has 1 rings (SSSR count). The van der Waals surface area contributed by atoms with Crippen LogP contribution in [0.3, 0.4) is 0 Å². The van der Waals surface area contributed by atoms with Crippen molar-refractivity contribution in [3.8, 4) is 0 Å². The number of nitrogens with zero attached hydrogens (tertiary/aromatic N) is 1. The van der Waals surface area contributed by atoms with Crippen molar-refractivity contribution in [2.75, 3.05) is 18.9 Å². The van der Waals surface area contributed by atoms with E-state index in [-0.39, 0.29) is 5.91 Å². The van der Waals surface area contributed by atoms with Gasteiger partial charge >= 0.3 is 0 Å². The number of halogens is 2. The second-order valence-electron chi connectivity index (χ2n) is 3.35. The molecule has 1 amide bonds. The van der Waals surface area contributed by atoms with Gasteiger partial charge in [0.25, 0.3) is 5.91 Å². The van der Waals surface area contributed by atoms with Crippen molar-refractivity contribution < 1.29 is 4.79 Å². The Bertz CT molecular complexity index is 368. The van der Waals surface area contributed by atoms with Crippen LogP contribution in [0, 0.1) is 6.92 Å². The molecule has 0 saturated heterocycles. The third-order valence-corrected chi connectivity index (χ3v) is 3.05. The summed E-state index contributed by atoms with van der Waals surface area (Å²) < 4.78 is 0. The highest BCUT2D eigenvalue weighted by molar-refractivity contribution is 9.09. The Morgan fingerprint density at radius 1 is 1.53 bits per heavy atom. The quantitative estimate of drug-likeness (QED) is 0.783. The minimum absolute atomic E-state index is 0.0387. The van der Waals surface area contributed by atoms with Gasteiger partial charge in [0.1, 0.15) is 0 Å². The second-order valence-corrected chi connectivity index (χ2v) is 4.52. The van der Waals surface area contributed by atoms with E-state index in [0.29, 0.717) is 17.1 Å². The van der Waals surface area contributed by atoms with Crippen LogP contribution in [0.15, 0.2) is 18.2 Å². The number of alkyl halides is 1. The first-order chi connectivity index (χ1) is 7.07. The molecule has 82 valence electrons. The molecule has 0 heterocycles. The third-order valence-electron chi connectivity index (χ3n) is 2.19. The van der Waals surface area contributed by atoms with Gasteiger partial charge in [-0.1, -0.05) is 39.7 Å². The van der Waals surface area contributed by atoms with Crippen LogP contribution in [0.5, 0.6) is 0 Å². The van der Waals surface area contributed by atoms with E-state index in [4.69, 9.17) is 11.6 Å². The third kappa shape index (κ3) is 2.95. The number of amides is 1. The summed E-state index contributed by atoms with van der Waals surface area (Å²) in [5, 5.41) is 1.31. The van der Waals surface area contributed by atoms with Gasteiger partial charge in [0.15, 0.2) is 0 Å². The topological polar surface area (TPSA) is 20.3 Å². The number of rotatable bonds is 3. The summed E-state index contributed by atoms with van der Waals surface area (Å²) >= 11 is 9.37. The highest BCUT2D eigenvalue weighted by Crippen LogP contribution is 2.21. The largest absolute Gasteiger partial charge is 0.341 e. The molecule has 0 aliphatic carbocycles. The standard InChI is InChI=1S/C11H13BrClNO/c1-8-4-3-5-9(10(8)13)11(15)14(2)7-6-12/h3-5H,6-7H2,1-2H3. The molecule has 0 radical (unpaired) electrons. The molecule has 4 heteroatoms. The molecule has 0 N–H and O–H groups in total. The van der Waals surface area contributed by atoms with Crippen molar-refractivity contribution in [1.29, 1.82) is 0 Å². The average Bonchev–Trinajstić information content (AvgIpc) is 2.21. The summed E-state index contributed by atoms with van der Waals surface area (Å²) in [6.45, 7) is 2.56. The maximum Gasteiger partial charge on any atom is 0.255 e. The minimum atomic E-state index is -0.0387. The molecular weight excluding hydrogens is 277 g/mol. The summed E-state index contributed by atoms with van der Waals surface area (Å²) in [6.07, 6.45) is 0. The van der Waals surface area contributed by atoms with E-state index in [1.54, 1.807) is 18.0 Å². The van der Waals surface area contributed by atoms with Crippen LogP contribution in [-0.4, -0.2) is 29.7 Å². The molecule has 0 bridgehead atoms. The van der Waals surface area contributed by atoms with Gasteiger partial charge < -0.3 is 4.90 Å². The molecule has 1 aromatic carbocycles. The zero-order valence-electron chi connectivity index (χ0n) is 8.76. The van der Waals surface area contributed by atoms with E-state index in [9.17, 15) is 4.79 Å². The lowest BCUT2D eigenvalue weighted by atomic mass is 10.1. The van der Waals surface area contributed by atoms with E-state index < -0.39 is 0 Å². The van der Waals surface area contributed by atoms with Gasteiger partial charge in [-0.3, -0.25) is 4.79 Å². The Labute approximate surface area is 103 Å². The molecule has 0 saturated carbocycles. The van der Waals surface area contributed by atoms with Crippen LogP contribution in [0.2, 0.25) is 5.02 Å². The molecule has 0 aromatic heterocycles. The first kappa shape index (κ1) is 12.5. The van der Waals surface area contributed by atoms with Crippen molar-refractivity contribution in [1.82, 2.24) is 4.90 Å². The van der Waals surface area contributed by atoms with E-state index in [0.717, 1.165) is 10.9 Å². The van der Waals surface area contributed by atoms with E-state index in [2.05, 4.69) is 15.9 Å². The van der Waals surface area contributed by atoms with Crippen LogP contribution < -0.4 is 0 Å². The molecule has 0 unspecified atom stereocenters. The lowest BCUT2D eigenvalue weighted by molar-refractivity contribution is 0.0804. The second kappa shape index (κ2) is 5.52. The first-order valence-electron chi connectivity index (χ1n) is 4.64. The molecule has 0 spiro atoms. The summed E-state index contributed by atoms with van der Waals surface area (Å²) in [5.41, 5.74) is 1.50. The van der Waals surface area contributed by atoms with Crippen molar-refractivity contribution in [2.45, 2.75) is 6.92 Å². The maximum absolute atomic E-state index is 11.9.